The Labute approximate surface area is 309 Å². The highest BCUT2D eigenvalue weighted by atomic mass is 16.3. The standard InChI is InChI=1S/C49H30N2O3/c1-3-15-31(16-4-1)49(32-17-5-2-6-18-32)50(37-22-13-27-43-45(37)35-20-8-11-25-41(35)52-43)39-30-29-34-33-19-7-10-24-40(33)54-48(34)47(39)51(49)38-23-14-28-44-46(38)36-21-9-12-26-42(36)53-44/h1-30H. The minimum absolute atomic E-state index is 0.821. The predicted molar refractivity (Wildman–Crippen MR) is 219 cm³/mol. The maximum atomic E-state index is 7.01. The fourth-order valence-electron chi connectivity index (χ4n) is 9.10. The van der Waals surface area contributed by atoms with Gasteiger partial charge < -0.3 is 23.1 Å². The Morgan fingerprint density at radius 2 is 0.778 bits per heavy atom. The summed E-state index contributed by atoms with van der Waals surface area (Å²) in [5.74, 6) is 0. The maximum absolute atomic E-state index is 7.01. The van der Waals surface area contributed by atoms with Crippen LogP contribution in [0.4, 0.5) is 22.7 Å². The van der Waals surface area contributed by atoms with Gasteiger partial charge in [-0.2, -0.15) is 0 Å². The van der Waals surface area contributed by atoms with Gasteiger partial charge in [0.2, 0.25) is 0 Å². The highest BCUT2D eigenvalue weighted by Crippen LogP contribution is 2.64. The summed E-state index contributed by atoms with van der Waals surface area (Å²) in [5.41, 5.74) is 10.2. The van der Waals surface area contributed by atoms with Crippen LogP contribution in [0.3, 0.4) is 0 Å². The number of rotatable bonds is 4. The first kappa shape index (κ1) is 29.3. The second kappa shape index (κ2) is 10.9. The summed E-state index contributed by atoms with van der Waals surface area (Å²) >= 11 is 0. The highest BCUT2D eigenvalue weighted by molar-refractivity contribution is 6.20. The normalized spacial score (nSPS) is 14.0. The molecule has 254 valence electrons. The molecule has 0 atom stereocenters. The lowest BCUT2D eigenvalue weighted by atomic mass is 9.87. The summed E-state index contributed by atoms with van der Waals surface area (Å²) < 4.78 is 20.2. The molecule has 54 heavy (non-hydrogen) atoms. The second-order valence-corrected chi connectivity index (χ2v) is 14.0. The third-order valence-electron chi connectivity index (χ3n) is 11.2. The molecule has 1 aliphatic heterocycles. The van der Waals surface area contributed by atoms with Gasteiger partial charge in [-0.15, -0.1) is 0 Å². The molecule has 0 aliphatic carbocycles. The molecule has 8 aromatic carbocycles. The third-order valence-corrected chi connectivity index (χ3v) is 11.2. The molecule has 3 aromatic heterocycles. The Hall–Kier alpha value is -7.24. The van der Waals surface area contributed by atoms with Crippen molar-refractivity contribution in [2.45, 2.75) is 5.66 Å². The zero-order valence-electron chi connectivity index (χ0n) is 28.9. The number of hydrogen-bond donors (Lipinski definition) is 0. The topological polar surface area (TPSA) is 45.9 Å². The summed E-state index contributed by atoms with van der Waals surface area (Å²) in [6.45, 7) is 0. The van der Waals surface area contributed by atoms with Gasteiger partial charge in [0.25, 0.3) is 0 Å². The van der Waals surface area contributed by atoms with Crippen LogP contribution in [0.5, 0.6) is 0 Å². The molecule has 0 unspecified atom stereocenters. The van der Waals surface area contributed by atoms with Crippen molar-refractivity contribution in [2.75, 3.05) is 9.80 Å². The number of hydrogen-bond acceptors (Lipinski definition) is 5. The molecule has 12 rings (SSSR count). The van der Waals surface area contributed by atoms with E-state index in [-0.39, 0.29) is 0 Å². The molecule has 5 heteroatoms. The van der Waals surface area contributed by atoms with E-state index in [9.17, 15) is 0 Å². The lowest BCUT2D eigenvalue weighted by Gasteiger charge is -2.47. The lowest BCUT2D eigenvalue weighted by molar-refractivity contribution is 0.560. The Balaban J connectivity index is 1.34. The third kappa shape index (κ3) is 3.77. The molecule has 0 saturated carbocycles. The molecule has 4 heterocycles. The predicted octanol–water partition coefficient (Wildman–Crippen LogP) is 13.6. The van der Waals surface area contributed by atoms with E-state index < -0.39 is 5.66 Å². The Bertz CT molecular complexity index is 3210. The van der Waals surface area contributed by atoms with E-state index in [2.05, 4.69) is 161 Å². The van der Waals surface area contributed by atoms with E-state index in [4.69, 9.17) is 13.3 Å². The first-order chi connectivity index (χ1) is 26.8. The van der Waals surface area contributed by atoms with E-state index >= 15 is 0 Å². The SMILES string of the molecule is c1ccc(C2(c3ccccc3)N(c3cccc4oc5ccccc5c34)c3ccc4c(oc5ccccc54)c3N2c2cccc3oc4ccccc4c23)cc1. The molecular formula is C49H30N2O3. The van der Waals surface area contributed by atoms with E-state index in [1.165, 1.54) is 0 Å². The lowest BCUT2D eigenvalue weighted by Crippen LogP contribution is -2.51. The zero-order chi connectivity index (χ0) is 35.4. The average Bonchev–Trinajstić information content (AvgIpc) is 3.99. The van der Waals surface area contributed by atoms with Crippen LogP contribution in [0.15, 0.2) is 195 Å². The Morgan fingerprint density at radius 3 is 1.35 bits per heavy atom. The molecule has 0 amide bonds. The van der Waals surface area contributed by atoms with Gasteiger partial charge in [-0.05, 0) is 54.6 Å². The van der Waals surface area contributed by atoms with Gasteiger partial charge in [-0.3, -0.25) is 0 Å². The van der Waals surface area contributed by atoms with Crippen molar-refractivity contribution >= 4 is 88.6 Å². The van der Waals surface area contributed by atoms with Gasteiger partial charge >= 0.3 is 0 Å². The van der Waals surface area contributed by atoms with Gasteiger partial charge in [0, 0.05) is 32.7 Å². The van der Waals surface area contributed by atoms with Crippen LogP contribution >= 0.6 is 0 Å². The molecule has 0 radical (unpaired) electrons. The second-order valence-electron chi connectivity index (χ2n) is 14.0. The van der Waals surface area contributed by atoms with Crippen LogP contribution in [0.1, 0.15) is 11.1 Å². The van der Waals surface area contributed by atoms with Crippen LogP contribution in [-0.4, -0.2) is 0 Å². The van der Waals surface area contributed by atoms with Crippen molar-refractivity contribution in [3.63, 3.8) is 0 Å². The van der Waals surface area contributed by atoms with Gasteiger partial charge in [0.15, 0.2) is 11.2 Å². The molecule has 5 nitrogen and oxygen atoms in total. The monoisotopic (exact) mass is 694 g/mol. The summed E-state index contributed by atoms with van der Waals surface area (Å²) in [4.78, 5) is 5.04. The number of para-hydroxylation sites is 3. The van der Waals surface area contributed by atoms with Crippen LogP contribution in [0.2, 0.25) is 0 Å². The van der Waals surface area contributed by atoms with Crippen LogP contribution in [0, 0.1) is 0 Å². The first-order valence-corrected chi connectivity index (χ1v) is 18.3. The molecular weight excluding hydrogens is 665 g/mol. The fourth-order valence-corrected chi connectivity index (χ4v) is 9.10. The summed E-state index contributed by atoms with van der Waals surface area (Å²) in [6.07, 6.45) is 0. The van der Waals surface area contributed by atoms with Gasteiger partial charge in [0.05, 0.1) is 27.8 Å². The van der Waals surface area contributed by atoms with Crippen molar-refractivity contribution < 1.29 is 13.3 Å². The summed E-state index contributed by atoms with van der Waals surface area (Å²) in [5, 5.41) is 6.34. The van der Waals surface area contributed by atoms with E-state index in [0.717, 1.165) is 99.7 Å². The fraction of sp³-hybridized carbons (Fsp3) is 0.0204. The van der Waals surface area contributed by atoms with Crippen molar-refractivity contribution in [3.05, 3.63) is 193 Å². The van der Waals surface area contributed by atoms with Crippen molar-refractivity contribution in [3.8, 4) is 0 Å². The number of benzene rings is 8. The van der Waals surface area contributed by atoms with E-state index in [1.54, 1.807) is 0 Å². The number of furan rings is 3. The van der Waals surface area contributed by atoms with Crippen LogP contribution in [0.25, 0.3) is 65.8 Å². The van der Waals surface area contributed by atoms with Gasteiger partial charge in [0.1, 0.15) is 33.6 Å². The molecule has 1 aliphatic rings. The van der Waals surface area contributed by atoms with Gasteiger partial charge in [-0.25, -0.2) is 0 Å². The molecule has 11 aromatic rings. The quantitative estimate of drug-likeness (QED) is 0.183. The molecule has 0 spiro atoms. The highest BCUT2D eigenvalue weighted by Gasteiger charge is 2.56. The maximum Gasteiger partial charge on any atom is 0.175 e. The average molecular weight is 695 g/mol. The van der Waals surface area contributed by atoms with Crippen molar-refractivity contribution in [1.82, 2.24) is 0 Å². The minimum atomic E-state index is -0.975. The Morgan fingerprint density at radius 1 is 0.315 bits per heavy atom. The van der Waals surface area contributed by atoms with Crippen LogP contribution in [-0.2, 0) is 5.66 Å². The Kier molecular flexibility index (Phi) is 5.92. The minimum Gasteiger partial charge on any atom is -0.456 e. The molecule has 0 saturated heterocycles. The summed E-state index contributed by atoms with van der Waals surface area (Å²) in [7, 11) is 0. The number of fused-ring (bicyclic) bond motifs is 11. The number of nitrogens with zero attached hydrogens (tertiary/aromatic N) is 2. The summed E-state index contributed by atoms with van der Waals surface area (Å²) in [6, 6.07) is 64.0. The molecule has 0 fully saturated rings. The van der Waals surface area contributed by atoms with E-state index in [0.29, 0.717) is 0 Å². The molecule has 0 bridgehead atoms. The molecule has 0 N–H and O–H groups in total. The van der Waals surface area contributed by atoms with Gasteiger partial charge in [-0.1, -0.05) is 127 Å². The largest absolute Gasteiger partial charge is 0.456 e. The van der Waals surface area contributed by atoms with Crippen LogP contribution < -0.4 is 9.80 Å². The van der Waals surface area contributed by atoms with Crippen molar-refractivity contribution in [1.29, 1.82) is 0 Å². The zero-order valence-corrected chi connectivity index (χ0v) is 28.9. The van der Waals surface area contributed by atoms with Crippen molar-refractivity contribution in [2.24, 2.45) is 0 Å². The number of anilines is 4. The smallest absolute Gasteiger partial charge is 0.175 e. The van der Waals surface area contributed by atoms with E-state index in [1.807, 2.05) is 30.3 Å². The first-order valence-electron chi connectivity index (χ1n) is 18.3.